The number of β-lactam (4-membered cyclic amide) rings is 1. The number of nitrogen functional groups attached to an aromatic ring is 1. The van der Waals surface area contributed by atoms with Crippen LogP contribution in [0.4, 0.5) is 5.13 Å². The van der Waals surface area contributed by atoms with Gasteiger partial charge in [0.1, 0.15) is 28.5 Å². The maximum absolute atomic E-state index is 13.3. The molecule has 0 spiro atoms. The molecule has 21 heteroatoms. The number of hydrogen-bond acceptors (Lipinski definition) is 16. The van der Waals surface area contributed by atoms with Crippen LogP contribution < -0.4 is 16.5 Å². The van der Waals surface area contributed by atoms with Crippen molar-refractivity contribution in [3.05, 3.63) is 50.0 Å². The number of nitrogens with zero attached hydrogens (tertiary/aromatic N) is 8. The summed E-state index contributed by atoms with van der Waals surface area (Å²) >= 11 is 3.53. The Morgan fingerprint density at radius 2 is 2.12 bits per heavy atom. The summed E-state index contributed by atoms with van der Waals surface area (Å²) in [6.07, 6.45) is 0. The van der Waals surface area contributed by atoms with E-state index in [0.717, 1.165) is 22.3 Å². The van der Waals surface area contributed by atoms with Gasteiger partial charge in [0, 0.05) is 30.0 Å². The predicted octanol–water partition coefficient (Wildman–Crippen LogP) is -0.886. The number of oxime groups is 1. The number of nitrogens with one attached hydrogen (secondary N) is 1. The summed E-state index contributed by atoms with van der Waals surface area (Å²) in [6.45, 7) is 0.834. The first-order valence-corrected chi connectivity index (χ1v) is 15.0. The summed E-state index contributed by atoms with van der Waals surface area (Å²) in [4.78, 5) is 60.9. The molecule has 0 saturated carbocycles. The van der Waals surface area contributed by atoms with Gasteiger partial charge in [0.15, 0.2) is 23.2 Å². The molecule has 0 bridgehead atoms. The lowest BCUT2D eigenvalue weighted by Crippen LogP contribution is -2.71. The number of carboxylic acids is 1. The number of aromatic nitrogens is 6. The average Bonchev–Trinajstić information content (AvgIpc) is 3.60. The molecule has 3 aromatic heterocycles. The van der Waals surface area contributed by atoms with Crippen molar-refractivity contribution in [2.24, 2.45) is 12.2 Å². The van der Waals surface area contributed by atoms with Gasteiger partial charge in [-0.25, -0.2) is 14.5 Å². The van der Waals surface area contributed by atoms with Crippen molar-refractivity contribution < 1.29 is 34.6 Å². The van der Waals surface area contributed by atoms with E-state index < -0.39 is 47.0 Å². The number of thiazole rings is 1. The SMILES string of the molecule is Cc1c(O)c(=O)cc(CO/N=C(\C(=O)NC2C(=O)N3C(C(=O)O)=C(CSc4nnnn4C)CSC23)c2csc(N)n2)n1O. The van der Waals surface area contributed by atoms with Crippen LogP contribution in [-0.2, 0) is 32.9 Å². The Hall–Kier alpha value is -4.63. The highest BCUT2D eigenvalue weighted by molar-refractivity contribution is 8.01. The fraction of sp³-hybridized carbons (Fsp3) is 0.318. The Kier molecular flexibility index (Phi) is 8.28. The third-order valence-electron chi connectivity index (χ3n) is 6.30. The number of pyridine rings is 1. The van der Waals surface area contributed by atoms with Crippen molar-refractivity contribution in [1.82, 2.24) is 40.1 Å². The zero-order valence-electron chi connectivity index (χ0n) is 22.2. The third kappa shape index (κ3) is 5.72. The summed E-state index contributed by atoms with van der Waals surface area (Å²) in [5.74, 6) is -2.89. The Labute approximate surface area is 253 Å². The molecule has 18 nitrogen and oxygen atoms in total. The number of anilines is 1. The van der Waals surface area contributed by atoms with E-state index in [4.69, 9.17) is 10.6 Å². The van der Waals surface area contributed by atoms with Gasteiger partial charge in [0.05, 0.1) is 5.69 Å². The number of carboxylic acid groups (broad SMARTS) is 1. The lowest BCUT2D eigenvalue weighted by molar-refractivity contribution is -0.150. The van der Waals surface area contributed by atoms with Gasteiger partial charge in [-0.1, -0.05) is 16.9 Å². The summed E-state index contributed by atoms with van der Waals surface area (Å²) < 4.78 is 1.98. The molecule has 2 aliphatic heterocycles. The number of carbonyl (C=O) groups excluding carboxylic acids is 2. The van der Waals surface area contributed by atoms with Crippen LogP contribution in [0.25, 0.3) is 0 Å². The number of fused-ring (bicyclic) bond motifs is 1. The second kappa shape index (κ2) is 11.9. The molecule has 1 fully saturated rings. The first-order chi connectivity index (χ1) is 20.5. The first-order valence-electron chi connectivity index (χ1n) is 12.1. The van der Waals surface area contributed by atoms with Crippen LogP contribution in [-0.4, -0.2) is 96.7 Å². The maximum atomic E-state index is 13.3. The van der Waals surface area contributed by atoms with Crippen molar-refractivity contribution in [3.63, 3.8) is 0 Å². The second-order valence-electron chi connectivity index (χ2n) is 9.02. The van der Waals surface area contributed by atoms with Crippen LogP contribution in [0, 0.1) is 6.92 Å². The number of aromatic hydroxyl groups is 1. The molecule has 0 radical (unpaired) electrons. The number of tetrazole rings is 1. The smallest absolute Gasteiger partial charge is 0.352 e. The van der Waals surface area contributed by atoms with Crippen LogP contribution >= 0.6 is 34.9 Å². The fourth-order valence-corrected chi connectivity index (χ4v) is 7.02. The van der Waals surface area contributed by atoms with Gasteiger partial charge in [0.25, 0.3) is 11.8 Å². The van der Waals surface area contributed by atoms with E-state index in [1.54, 1.807) is 7.05 Å². The van der Waals surface area contributed by atoms with Crippen LogP contribution in [0.2, 0.25) is 0 Å². The highest BCUT2D eigenvalue weighted by atomic mass is 32.2. The summed E-state index contributed by atoms with van der Waals surface area (Å²) in [5, 5.41) is 48.6. The van der Waals surface area contributed by atoms with E-state index in [0.29, 0.717) is 15.5 Å². The van der Waals surface area contributed by atoms with Crippen molar-refractivity contribution in [2.45, 2.75) is 30.1 Å². The number of nitrogens with two attached hydrogens (primary N) is 1. The molecule has 226 valence electrons. The highest BCUT2D eigenvalue weighted by Crippen LogP contribution is 2.41. The van der Waals surface area contributed by atoms with Gasteiger partial charge in [-0.2, -0.15) is 4.73 Å². The molecular formula is C22H22N10O8S3. The minimum atomic E-state index is -1.28. The van der Waals surface area contributed by atoms with E-state index in [2.05, 4.69) is 31.0 Å². The van der Waals surface area contributed by atoms with Gasteiger partial charge in [-0.3, -0.25) is 19.3 Å². The molecule has 0 aromatic carbocycles. The molecular weight excluding hydrogens is 629 g/mol. The molecule has 2 aliphatic rings. The topological polar surface area (TPSA) is 253 Å². The minimum absolute atomic E-state index is 0.0342. The third-order valence-corrected chi connectivity index (χ3v) is 9.42. The van der Waals surface area contributed by atoms with E-state index in [9.17, 15) is 34.6 Å². The fourth-order valence-electron chi connectivity index (χ4n) is 4.14. The van der Waals surface area contributed by atoms with Gasteiger partial charge < -0.3 is 31.3 Å². The number of carbonyl (C=O) groups is 3. The van der Waals surface area contributed by atoms with Gasteiger partial charge in [-0.15, -0.1) is 28.2 Å². The molecule has 2 amide bonds. The lowest BCUT2D eigenvalue weighted by atomic mass is 10.0. The maximum Gasteiger partial charge on any atom is 0.352 e. The van der Waals surface area contributed by atoms with Crippen molar-refractivity contribution in [3.8, 4) is 5.75 Å². The lowest BCUT2D eigenvalue weighted by Gasteiger charge is -2.49. The van der Waals surface area contributed by atoms with Gasteiger partial charge >= 0.3 is 5.97 Å². The summed E-state index contributed by atoms with van der Waals surface area (Å²) in [6, 6.07) is -0.141. The normalized spacial score (nSPS) is 18.3. The molecule has 2 unspecified atom stereocenters. The zero-order valence-corrected chi connectivity index (χ0v) is 24.6. The van der Waals surface area contributed by atoms with E-state index in [1.165, 1.54) is 40.5 Å². The number of hydrogen-bond donors (Lipinski definition) is 5. The summed E-state index contributed by atoms with van der Waals surface area (Å²) in [5.41, 5.74) is 4.79. The number of aryl methyl sites for hydroxylation is 1. The van der Waals surface area contributed by atoms with E-state index in [-0.39, 0.29) is 45.1 Å². The molecule has 43 heavy (non-hydrogen) atoms. The van der Waals surface area contributed by atoms with Crippen LogP contribution in [0.1, 0.15) is 17.1 Å². The van der Waals surface area contributed by atoms with E-state index >= 15 is 0 Å². The monoisotopic (exact) mass is 650 g/mol. The quantitative estimate of drug-likeness (QED) is 0.0587. The van der Waals surface area contributed by atoms with Crippen molar-refractivity contribution >= 4 is 63.5 Å². The van der Waals surface area contributed by atoms with Gasteiger partial charge in [0.2, 0.25) is 10.6 Å². The standard InChI is InChI=1S/C22H22N10O8S3/c1-8-16(34)12(33)3-10(32(8)39)4-40-27-13(11-7-42-21(23)24-11)17(35)25-14-18(36)31-15(20(37)38)9(5-41-19(14)31)6-43-22-26-28-29-30(22)2/h3,7,14,19,34,39H,4-6H2,1-2H3,(H2,23,24)(H,25,35)(H,37,38)/b27-13-. The highest BCUT2D eigenvalue weighted by Gasteiger charge is 2.54. The second-order valence-corrected chi connectivity index (χ2v) is 12.0. The van der Waals surface area contributed by atoms with Crippen molar-refractivity contribution in [2.75, 3.05) is 17.2 Å². The van der Waals surface area contributed by atoms with Crippen molar-refractivity contribution in [1.29, 1.82) is 0 Å². The Morgan fingerprint density at radius 1 is 1.35 bits per heavy atom. The molecule has 1 saturated heterocycles. The Morgan fingerprint density at radius 3 is 2.77 bits per heavy atom. The number of aliphatic carboxylic acids is 1. The number of amides is 2. The summed E-state index contributed by atoms with van der Waals surface area (Å²) in [7, 11) is 1.65. The first kappa shape index (κ1) is 29.8. The molecule has 0 aliphatic carbocycles. The molecule has 3 aromatic rings. The minimum Gasteiger partial charge on any atom is -0.503 e. The predicted molar refractivity (Wildman–Crippen MR) is 151 cm³/mol. The van der Waals surface area contributed by atoms with E-state index in [1.807, 2.05) is 0 Å². The Bertz CT molecular complexity index is 1750. The molecule has 6 N–H and O–H groups in total. The van der Waals surface area contributed by atoms with Crippen LogP contribution in [0.15, 0.2) is 37.8 Å². The molecule has 5 rings (SSSR count). The molecule has 5 heterocycles. The Balaban J connectivity index is 1.32. The zero-order chi connectivity index (χ0) is 31.0. The number of thioether (sulfide) groups is 2. The van der Waals surface area contributed by atoms with Crippen LogP contribution in [0.3, 0.4) is 0 Å². The molecule has 2 atom stereocenters. The number of rotatable bonds is 10. The largest absolute Gasteiger partial charge is 0.503 e. The van der Waals surface area contributed by atoms with Crippen LogP contribution in [0.5, 0.6) is 5.75 Å². The van der Waals surface area contributed by atoms with Gasteiger partial charge in [-0.05, 0) is 22.9 Å². The average molecular weight is 651 g/mol.